The van der Waals surface area contributed by atoms with Crippen LogP contribution in [0.25, 0.3) is 10.9 Å². The average molecular weight is 237 g/mol. The number of fused-ring (bicyclic) bond motifs is 1. The van der Waals surface area contributed by atoms with Crippen molar-refractivity contribution in [2.45, 2.75) is 26.2 Å². The Morgan fingerprint density at radius 1 is 1.31 bits per heavy atom. The molecule has 0 aliphatic rings. The lowest BCUT2D eigenvalue weighted by atomic mass is 9.89. The molecule has 0 atom stereocenters. The SMILES string of the molecule is CC(C)(C)c1[nH]c(=O)nc2ccc(Cl)cc12. The van der Waals surface area contributed by atoms with E-state index in [4.69, 9.17) is 11.6 Å². The van der Waals surface area contributed by atoms with Gasteiger partial charge in [0.2, 0.25) is 0 Å². The van der Waals surface area contributed by atoms with Gasteiger partial charge in [-0.15, -0.1) is 0 Å². The van der Waals surface area contributed by atoms with Crippen LogP contribution in [0.5, 0.6) is 0 Å². The highest BCUT2D eigenvalue weighted by molar-refractivity contribution is 6.31. The van der Waals surface area contributed by atoms with Gasteiger partial charge in [0.05, 0.1) is 5.52 Å². The summed E-state index contributed by atoms with van der Waals surface area (Å²) >= 11 is 5.96. The lowest BCUT2D eigenvalue weighted by molar-refractivity contribution is 0.571. The normalized spacial score (nSPS) is 12.0. The summed E-state index contributed by atoms with van der Waals surface area (Å²) in [5.41, 5.74) is 1.08. The van der Waals surface area contributed by atoms with Gasteiger partial charge < -0.3 is 4.98 Å². The van der Waals surface area contributed by atoms with E-state index >= 15 is 0 Å². The molecule has 1 aromatic carbocycles. The molecule has 0 saturated carbocycles. The van der Waals surface area contributed by atoms with Gasteiger partial charge in [-0.25, -0.2) is 4.79 Å². The summed E-state index contributed by atoms with van der Waals surface area (Å²) in [5.74, 6) is 0. The molecule has 3 nitrogen and oxygen atoms in total. The average Bonchev–Trinajstić information content (AvgIpc) is 2.16. The van der Waals surface area contributed by atoms with Crippen molar-refractivity contribution in [3.8, 4) is 0 Å². The van der Waals surface area contributed by atoms with Crippen LogP contribution < -0.4 is 5.69 Å². The Bertz CT molecular complexity index is 596. The zero-order valence-corrected chi connectivity index (χ0v) is 10.2. The predicted molar refractivity (Wildman–Crippen MR) is 66.1 cm³/mol. The van der Waals surface area contributed by atoms with Crippen molar-refractivity contribution in [1.29, 1.82) is 0 Å². The van der Waals surface area contributed by atoms with Crippen molar-refractivity contribution in [3.05, 3.63) is 39.4 Å². The molecular formula is C12H13ClN2O. The third-order valence-corrected chi connectivity index (χ3v) is 2.67. The minimum absolute atomic E-state index is 0.148. The Balaban J connectivity index is 2.91. The lowest BCUT2D eigenvalue weighted by Crippen LogP contribution is -2.21. The fourth-order valence-corrected chi connectivity index (χ4v) is 1.88. The third kappa shape index (κ3) is 1.95. The lowest BCUT2D eigenvalue weighted by Gasteiger charge is -2.20. The maximum absolute atomic E-state index is 11.4. The molecule has 1 N–H and O–H groups in total. The highest BCUT2D eigenvalue weighted by atomic mass is 35.5. The van der Waals surface area contributed by atoms with Crippen LogP contribution in [0.4, 0.5) is 0 Å². The zero-order chi connectivity index (χ0) is 11.9. The number of nitrogens with zero attached hydrogens (tertiary/aromatic N) is 1. The minimum atomic E-state index is -0.320. The van der Waals surface area contributed by atoms with Gasteiger partial charge >= 0.3 is 5.69 Å². The van der Waals surface area contributed by atoms with Crippen molar-refractivity contribution in [3.63, 3.8) is 0 Å². The predicted octanol–water partition coefficient (Wildman–Crippen LogP) is 2.87. The maximum Gasteiger partial charge on any atom is 0.345 e. The number of halogens is 1. The zero-order valence-electron chi connectivity index (χ0n) is 9.47. The number of hydrogen-bond acceptors (Lipinski definition) is 2. The maximum atomic E-state index is 11.4. The number of nitrogens with one attached hydrogen (secondary N) is 1. The molecule has 4 heteroatoms. The van der Waals surface area contributed by atoms with E-state index in [1.54, 1.807) is 12.1 Å². The first-order valence-electron chi connectivity index (χ1n) is 5.08. The second-order valence-corrected chi connectivity index (χ2v) is 5.26. The van der Waals surface area contributed by atoms with E-state index < -0.39 is 0 Å². The number of benzene rings is 1. The second-order valence-electron chi connectivity index (χ2n) is 4.83. The molecule has 2 rings (SSSR count). The van der Waals surface area contributed by atoms with E-state index in [0.717, 1.165) is 11.1 Å². The monoisotopic (exact) mass is 236 g/mol. The van der Waals surface area contributed by atoms with Crippen LogP contribution in [0, 0.1) is 0 Å². The molecule has 2 aromatic rings. The summed E-state index contributed by atoms with van der Waals surface area (Å²) in [7, 11) is 0. The summed E-state index contributed by atoms with van der Waals surface area (Å²) in [6.07, 6.45) is 0. The highest BCUT2D eigenvalue weighted by Crippen LogP contribution is 2.27. The van der Waals surface area contributed by atoms with Crippen LogP contribution in [-0.2, 0) is 5.41 Å². The summed E-state index contributed by atoms with van der Waals surface area (Å²) < 4.78 is 0. The van der Waals surface area contributed by atoms with Crippen molar-refractivity contribution in [2.75, 3.05) is 0 Å². The quantitative estimate of drug-likeness (QED) is 0.765. The molecule has 0 amide bonds. The van der Waals surface area contributed by atoms with Gasteiger partial charge in [0.1, 0.15) is 0 Å². The molecule has 1 aromatic heterocycles. The van der Waals surface area contributed by atoms with Gasteiger partial charge in [0, 0.05) is 21.5 Å². The van der Waals surface area contributed by atoms with Crippen molar-refractivity contribution >= 4 is 22.5 Å². The molecule has 0 bridgehead atoms. The van der Waals surface area contributed by atoms with Gasteiger partial charge in [0.15, 0.2) is 0 Å². The van der Waals surface area contributed by atoms with Gasteiger partial charge in [-0.05, 0) is 18.2 Å². The van der Waals surface area contributed by atoms with Crippen LogP contribution in [0.15, 0.2) is 23.0 Å². The highest BCUT2D eigenvalue weighted by Gasteiger charge is 2.18. The first kappa shape index (κ1) is 11.1. The molecule has 0 aliphatic heterocycles. The van der Waals surface area contributed by atoms with Crippen LogP contribution >= 0.6 is 11.6 Å². The smallest absolute Gasteiger partial charge is 0.309 e. The summed E-state index contributed by atoms with van der Waals surface area (Å²) in [4.78, 5) is 18.1. The van der Waals surface area contributed by atoms with E-state index in [-0.39, 0.29) is 11.1 Å². The van der Waals surface area contributed by atoms with Gasteiger partial charge in [-0.3, -0.25) is 0 Å². The molecule has 0 aliphatic carbocycles. The molecule has 84 valence electrons. The Kier molecular flexibility index (Phi) is 2.50. The van der Waals surface area contributed by atoms with Crippen molar-refractivity contribution in [2.24, 2.45) is 0 Å². The largest absolute Gasteiger partial charge is 0.345 e. The van der Waals surface area contributed by atoms with Crippen LogP contribution in [0.2, 0.25) is 5.02 Å². The van der Waals surface area contributed by atoms with E-state index in [2.05, 4.69) is 9.97 Å². The van der Waals surface area contributed by atoms with Crippen LogP contribution in [-0.4, -0.2) is 9.97 Å². The van der Waals surface area contributed by atoms with E-state index in [1.165, 1.54) is 0 Å². The Morgan fingerprint density at radius 2 is 2.00 bits per heavy atom. The third-order valence-electron chi connectivity index (χ3n) is 2.43. The summed E-state index contributed by atoms with van der Waals surface area (Å²) in [6, 6.07) is 5.34. The molecule has 1 heterocycles. The van der Waals surface area contributed by atoms with Crippen molar-refractivity contribution < 1.29 is 0 Å². The van der Waals surface area contributed by atoms with E-state index in [1.807, 2.05) is 26.8 Å². The van der Waals surface area contributed by atoms with Crippen molar-refractivity contribution in [1.82, 2.24) is 9.97 Å². The number of hydrogen-bond donors (Lipinski definition) is 1. The standard InChI is InChI=1S/C12H13ClN2O/c1-12(2,3)10-8-6-7(13)4-5-9(8)14-11(16)15-10/h4-6H,1-3H3,(H,14,15,16). The fourth-order valence-electron chi connectivity index (χ4n) is 1.71. The Morgan fingerprint density at radius 3 is 2.62 bits per heavy atom. The summed E-state index contributed by atoms with van der Waals surface area (Å²) in [6.45, 7) is 6.12. The molecule has 0 unspecified atom stereocenters. The molecular weight excluding hydrogens is 224 g/mol. The first-order chi connectivity index (χ1) is 7.38. The first-order valence-corrected chi connectivity index (χ1v) is 5.46. The molecule has 0 saturated heterocycles. The number of aromatic nitrogens is 2. The molecule has 16 heavy (non-hydrogen) atoms. The number of aromatic amines is 1. The van der Waals surface area contributed by atoms with Gasteiger partial charge in [-0.1, -0.05) is 32.4 Å². The minimum Gasteiger partial charge on any atom is -0.309 e. The Labute approximate surface area is 98.5 Å². The van der Waals surface area contributed by atoms with E-state index in [9.17, 15) is 4.79 Å². The summed E-state index contributed by atoms with van der Waals surface area (Å²) in [5, 5.41) is 1.55. The van der Waals surface area contributed by atoms with Gasteiger partial charge in [0.25, 0.3) is 0 Å². The van der Waals surface area contributed by atoms with Gasteiger partial charge in [-0.2, -0.15) is 4.98 Å². The molecule has 0 radical (unpaired) electrons. The second kappa shape index (κ2) is 3.59. The molecule has 0 fully saturated rings. The number of H-pyrrole nitrogens is 1. The molecule has 0 spiro atoms. The number of rotatable bonds is 0. The van der Waals surface area contributed by atoms with Crippen LogP contribution in [0.1, 0.15) is 26.5 Å². The van der Waals surface area contributed by atoms with Crippen LogP contribution in [0.3, 0.4) is 0 Å². The topological polar surface area (TPSA) is 45.8 Å². The van der Waals surface area contributed by atoms with E-state index in [0.29, 0.717) is 10.5 Å². The Hall–Kier alpha value is -1.35. The fraction of sp³-hybridized carbons (Fsp3) is 0.333.